The molecular weight excluding hydrogens is 266 g/mol. The van der Waals surface area contributed by atoms with Crippen molar-refractivity contribution in [3.8, 4) is 0 Å². The Balaban J connectivity index is 1.37. The summed E-state index contributed by atoms with van der Waals surface area (Å²) in [6.07, 6.45) is 0.404. The maximum Gasteiger partial charge on any atom is 0.229 e. The molecule has 1 aliphatic carbocycles. The van der Waals surface area contributed by atoms with Crippen LogP contribution in [0.25, 0.3) is 0 Å². The zero-order valence-corrected chi connectivity index (χ0v) is 11.8. The van der Waals surface area contributed by atoms with Crippen LogP contribution >= 0.6 is 0 Å². The molecule has 4 rings (SSSR count). The quantitative estimate of drug-likeness (QED) is 0.844. The standard InChI is InChI=1S/C16H19N3O2/c20-14-6-10(9-19(14)11-4-2-1-3-5-11)18-16(21)15-12-7-17-8-13(12)15/h1-5,10,12-13,15,17H,6-9H2,(H,18,21)/t10?,12-,13+,15?. The van der Waals surface area contributed by atoms with E-state index in [4.69, 9.17) is 0 Å². The second-order valence-corrected chi connectivity index (χ2v) is 6.26. The number of carbonyl (C=O) groups is 2. The van der Waals surface area contributed by atoms with Gasteiger partial charge >= 0.3 is 0 Å². The summed E-state index contributed by atoms with van der Waals surface area (Å²) in [4.78, 5) is 26.1. The average molecular weight is 285 g/mol. The van der Waals surface area contributed by atoms with E-state index in [2.05, 4.69) is 10.6 Å². The van der Waals surface area contributed by atoms with Gasteiger partial charge in [-0.1, -0.05) is 18.2 Å². The maximum atomic E-state index is 12.3. The highest BCUT2D eigenvalue weighted by Crippen LogP contribution is 2.48. The number of nitrogens with one attached hydrogen (secondary N) is 2. The fourth-order valence-corrected chi connectivity index (χ4v) is 3.77. The molecule has 2 heterocycles. The summed E-state index contributed by atoms with van der Waals surface area (Å²) in [5.74, 6) is 1.44. The van der Waals surface area contributed by atoms with Crippen molar-refractivity contribution < 1.29 is 9.59 Å². The van der Waals surface area contributed by atoms with E-state index in [0.717, 1.165) is 18.8 Å². The minimum Gasteiger partial charge on any atom is -0.351 e. The zero-order valence-electron chi connectivity index (χ0n) is 11.8. The summed E-state index contributed by atoms with van der Waals surface area (Å²) in [7, 11) is 0. The Labute approximate surface area is 123 Å². The van der Waals surface area contributed by atoms with Crippen molar-refractivity contribution in [3.63, 3.8) is 0 Å². The number of para-hydroxylation sites is 1. The average Bonchev–Trinajstić information content (AvgIpc) is 2.83. The Bertz CT molecular complexity index is 564. The van der Waals surface area contributed by atoms with Gasteiger partial charge in [0.2, 0.25) is 11.8 Å². The molecule has 0 aromatic heterocycles. The predicted molar refractivity (Wildman–Crippen MR) is 78.7 cm³/mol. The van der Waals surface area contributed by atoms with Crippen molar-refractivity contribution in [3.05, 3.63) is 30.3 Å². The lowest BCUT2D eigenvalue weighted by Gasteiger charge is -2.17. The van der Waals surface area contributed by atoms with Crippen molar-refractivity contribution in [2.45, 2.75) is 12.5 Å². The first-order chi connectivity index (χ1) is 10.2. The number of hydrogen-bond acceptors (Lipinski definition) is 3. The van der Waals surface area contributed by atoms with E-state index in [1.54, 1.807) is 4.90 Å². The van der Waals surface area contributed by atoms with Crippen LogP contribution in [0.4, 0.5) is 5.69 Å². The summed E-state index contributed by atoms with van der Waals surface area (Å²) in [6, 6.07) is 9.58. The highest BCUT2D eigenvalue weighted by atomic mass is 16.2. The van der Waals surface area contributed by atoms with Crippen LogP contribution in [-0.4, -0.2) is 37.5 Å². The first-order valence-corrected chi connectivity index (χ1v) is 7.60. The van der Waals surface area contributed by atoms with Crippen molar-refractivity contribution in [1.82, 2.24) is 10.6 Å². The summed E-state index contributed by atoms with van der Waals surface area (Å²) in [5, 5.41) is 6.36. The minimum atomic E-state index is -0.0560. The van der Waals surface area contributed by atoms with E-state index in [0.29, 0.717) is 24.8 Å². The molecule has 2 saturated heterocycles. The third kappa shape index (κ3) is 2.21. The Morgan fingerprint density at radius 3 is 2.62 bits per heavy atom. The Kier molecular flexibility index (Phi) is 2.96. The molecule has 1 aromatic carbocycles. The lowest BCUT2D eigenvalue weighted by Crippen LogP contribution is -2.39. The van der Waals surface area contributed by atoms with Crippen LogP contribution in [-0.2, 0) is 9.59 Å². The predicted octanol–water partition coefficient (Wildman–Crippen LogP) is 0.373. The molecule has 3 fully saturated rings. The van der Waals surface area contributed by atoms with Gasteiger partial charge in [-0.2, -0.15) is 0 Å². The van der Waals surface area contributed by atoms with Crippen LogP contribution < -0.4 is 15.5 Å². The van der Waals surface area contributed by atoms with Crippen molar-refractivity contribution >= 4 is 17.5 Å². The molecule has 5 heteroatoms. The minimum absolute atomic E-state index is 0.0560. The van der Waals surface area contributed by atoms with Gasteiger partial charge in [0, 0.05) is 24.6 Å². The van der Waals surface area contributed by atoms with Gasteiger partial charge in [0.1, 0.15) is 0 Å². The number of benzene rings is 1. The molecule has 5 nitrogen and oxygen atoms in total. The number of hydrogen-bond donors (Lipinski definition) is 2. The van der Waals surface area contributed by atoms with E-state index in [1.807, 2.05) is 30.3 Å². The van der Waals surface area contributed by atoms with E-state index < -0.39 is 0 Å². The number of piperidine rings is 1. The van der Waals surface area contributed by atoms with Crippen molar-refractivity contribution in [2.24, 2.45) is 17.8 Å². The fourth-order valence-electron chi connectivity index (χ4n) is 3.77. The van der Waals surface area contributed by atoms with Gasteiger partial charge in [-0.3, -0.25) is 9.59 Å². The zero-order chi connectivity index (χ0) is 14.4. The largest absolute Gasteiger partial charge is 0.351 e. The normalized spacial score (nSPS) is 33.9. The number of carbonyl (C=O) groups excluding carboxylic acids is 2. The van der Waals surface area contributed by atoms with Gasteiger partial charge in [0.15, 0.2) is 0 Å². The highest BCUT2D eigenvalue weighted by molar-refractivity contribution is 5.97. The first kappa shape index (κ1) is 12.8. The first-order valence-electron chi connectivity index (χ1n) is 7.60. The highest BCUT2D eigenvalue weighted by Gasteiger charge is 2.57. The smallest absolute Gasteiger partial charge is 0.229 e. The van der Waals surface area contributed by atoms with Gasteiger partial charge in [0.25, 0.3) is 0 Å². The molecular formula is C16H19N3O2. The molecule has 4 atom stereocenters. The second-order valence-electron chi connectivity index (χ2n) is 6.26. The molecule has 21 heavy (non-hydrogen) atoms. The number of nitrogens with zero attached hydrogens (tertiary/aromatic N) is 1. The second kappa shape index (κ2) is 4.84. The summed E-state index contributed by atoms with van der Waals surface area (Å²) in [5.41, 5.74) is 0.909. The topological polar surface area (TPSA) is 61.4 Å². The SMILES string of the molecule is O=C(NC1CC(=O)N(c2ccccc2)C1)C1[C@H]2CNC[C@@H]12. The van der Waals surface area contributed by atoms with Gasteiger partial charge in [-0.05, 0) is 37.1 Å². The van der Waals surface area contributed by atoms with Crippen LogP contribution in [0.5, 0.6) is 0 Å². The molecule has 1 aromatic rings. The molecule has 0 bridgehead atoms. The van der Waals surface area contributed by atoms with Crippen LogP contribution in [0.1, 0.15) is 6.42 Å². The lowest BCUT2D eigenvalue weighted by atomic mass is 10.2. The van der Waals surface area contributed by atoms with Crippen LogP contribution in [0.3, 0.4) is 0 Å². The van der Waals surface area contributed by atoms with E-state index >= 15 is 0 Å². The molecule has 3 aliphatic rings. The van der Waals surface area contributed by atoms with Gasteiger partial charge < -0.3 is 15.5 Å². The maximum absolute atomic E-state index is 12.3. The molecule has 1 saturated carbocycles. The molecule has 110 valence electrons. The van der Waals surface area contributed by atoms with Crippen molar-refractivity contribution in [2.75, 3.05) is 24.5 Å². The Morgan fingerprint density at radius 1 is 1.19 bits per heavy atom. The molecule has 2 N–H and O–H groups in total. The molecule has 0 spiro atoms. The van der Waals surface area contributed by atoms with E-state index in [-0.39, 0.29) is 23.8 Å². The van der Waals surface area contributed by atoms with E-state index in [9.17, 15) is 9.59 Å². The summed E-state index contributed by atoms with van der Waals surface area (Å²) in [6.45, 7) is 2.50. The Hall–Kier alpha value is -1.88. The monoisotopic (exact) mass is 285 g/mol. The number of fused-ring (bicyclic) bond motifs is 1. The molecule has 0 radical (unpaired) electrons. The molecule has 2 aliphatic heterocycles. The van der Waals surface area contributed by atoms with Gasteiger partial charge in [0.05, 0.1) is 6.04 Å². The number of amides is 2. The third-order valence-corrected chi connectivity index (χ3v) is 4.93. The molecule has 2 amide bonds. The Morgan fingerprint density at radius 2 is 1.90 bits per heavy atom. The number of anilines is 1. The van der Waals surface area contributed by atoms with Gasteiger partial charge in [-0.25, -0.2) is 0 Å². The fraction of sp³-hybridized carbons (Fsp3) is 0.500. The number of rotatable bonds is 3. The van der Waals surface area contributed by atoms with E-state index in [1.165, 1.54) is 0 Å². The van der Waals surface area contributed by atoms with Gasteiger partial charge in [-0.15, -0.1) is 0 Å². The summed E-state index contributed by atoms with van der Waals surface area (Å²) >= 11 is 0. The summed E-state index contributed by atoms with van der Waals surface area (Å²) < 4.78 is 0. The van der Waals surface area contributed by atoms with Crippen molar-refractivity contribution in [1.29, 1.82) is 0 Å². The lowest BCUT2D eigenvalue weighted by molar-refractivity contribution is -0.123. The van der Waals surface area contributed by atoms with Crippen LogP contribution in [0.15, 0.2) is 30.3 Å². The molecule has 2 unspecified atom stereocenters. The van der Waals surface area contributed by atoms with Crippen LogP contribution in [0, 0.1) is 17.8 Å². The van der Waals surface area contributed by atoms with Crippen LogP contribution in [0.2, 0.25) is 0 Å². The third-order valence-electron chi connectivity index (χ3n) is 4.93.